The third kappa shape index (κ3) is 4.26. The van der Waals surface area contributed by atoms with Crippen molar-refractivity contribution >= 4 is 17.5 Å². The summed E-state index contributed by atoms with van der Waals surface area (Å²) in [6.45, 7) is 4.09. The molecule has 0 aliphatic heterocycles. The monoisotopic (exact) mass is 234 g/mol. The predicted octanol–water partition coefficient (Wildman–Crippen LogP) is 2.16. The van der Waals surface area contributed by atoms with Crippen molar-refractivity contribution < 1.29 is 9.59 Å². The Morgan fingerprint density at radius 1 is 1.29 bits per heavy atom. The number of anilines is 1. The number of hydrogen-bond donors (Lipinski definition) is 2. The summed E-state index contributed by atoms with van der Waals surface area (Å²) in [5, 5.41) is 2.78. The van der Waals surface area contributed by atoms with Crippen LogP contribution in [0, 0.1) is 5.92 Å². The van der Waals surface area contributed by atoms with Crippen LogP contribution in [-0.4, -0.2) is 11.8 Å². The minimum Gasteiger partial charge on any atom is -0.366 e. The minimum atomic E-state index is -0.470. The van der Waals surface area contributed by atoms with Gasteiger partial charge in [-0.05, 0) is 30.2 Å². The fourth-order valence-corrected chi connectivity index (χ4v) is 1.39. The number of amides is 2. The Labute approximate surface area is 101 Å². The zero-order valence-corrected chi connectivity index (χ0v) is 10.2. The second-order valence-electron chi connectivity index (χ2n) is 4.21. The van der Waals surface area contributed by atoms with Crippen LogP contribution in [0.5, 0.6) is 0 Å². The Balaban J connectivity index is 2.57. The first-order valence-corrected chi connectivity index (χ1v) is 5.72. The van der Waals surface area contributed by atoms with E-state index in [-0.39, 0.29) is 5.91 Å². The minimum absolute atomic E-state index is 0.00817. The van der Waals surface area contributed by atoms with E-state index in [2.05, 4.69) is 12.2 Å². The molecule has 0 aliphatic carbocycles. The SMILES string of the molecule is CCC(C)CC(=O)Nc1ccc(C(N)=O)cc1. The van der Waals surface area contributed by atoms with Gasteiger partial charge in [-0.25, -0.2) is 0 Å². The molecule has 0 heterocycles. The Morgan fingerprint density at radius 2 is 1.88 bits per heavy atom. The second kappa shape index (κ2) is 6.03. The number of nitrogens with one attached hydrogen (secondary N) is 1. The van der Waals surface area contributed by atoms with Crippen LogP contribution in [0.2, 0.25) is 0 Å². The second-order valence-corrected chi connectivity index (χ2v) is 4.21. The van der Waals surface area contributed by atoms with Crippen molar-refractivity contribution in [3.8, 4) is 0 Å². The summed E-state index contributed by atoms with van der Waals surface area (Å²) in [6.07, 6.45) is 1.49. The molecule has 0 radical (unpaired) electrons. The average Bonchev–Trinajstić information content (AvgIpc) is 2.29. The Hall–Kier alpha value is -1.84. The molecule has 4 nitrogen and oxygen atoms in total. The molecule has 0 bridgehead atoms. The summed E-state index contributed by atoms with van der Waals surface area (Å²) in [7, 11) is 0. The molecule has 0 fully saturated rings. The highest BCUT2D eigenvalue weighted by Gasteiger charge is 2.07. The molecule has 92 valence electrons. The lowest BCUT2D eigenvalue weighted by Gasteiger charge is -2.09. The van der Waals surface area contributed by atoms with Crippen LogP contribution in [0.15, 0.2) is 24.3 Å². The Kier molecular flexibility index (Phi) is 4.69. The van der Waals surface area contributed by atoms with Crippen LogP contribution >= 0.6 is 0 Å². The van der Waals surface area contributed by atoms with Crippen molar-refractivity contribution in [3.05, 3.63) is 29.8 Å². The highest BCUT2D eigenvalue weighted by molar-refractivity contribution is 5.94. The van der Waals surface area contributed by atoms with E-state index in [1.807, 2.05) is 6.92 Å². The van der Waals surface area contributed by atoms with E-state index in [9.17, 15) is 9.59 Å². The van der Waals surface area contributed by atoms with Crippen LogP contribution in [0.1, 0.15) is 37.0 Å². The largest absolute Gasteiger partial charge is 0.366 e. The molecule has 0 aliphatic rings. The number of primary amides is 1. The maximum atomic E-state index is 11.6. The number of carbonyl (C=O) groups excluding carboxylic acids is 2. The summed E-state index contributed by atoms with van der Waals surface area (Å²) < 4.78 is 0. The zero-order chi connectivity index (χ0) is 12.8. The quantitative estimate of drug-likeness (QED) is 0.819. The van der Waals surface area contributed by atoms with Crippen molar-refractivity contribution in [2.45, 2.75) is 26.7 Å². The molecule has 2 amide bonds. The van der Waals surface area contributed by atoms with Gasteiger partial charge in [0.25, 0.3) is 0 Å². The molecule has 17 heavy (non-hydrogen) atoms. The number of rotatable bonds is 5. The molecule has 0 saturated heterocycles. The molecular formula is C13H18N2O2. The van der Waals surface area contributed by atoms with Gasteiger partial charge in [0.05, 0.1) is 0 Å². The molecule has 0 aromatic heterocycles. The molecule has 0 saturated carbocycles. The van der Waals surface area contributed by atoms with Crippen molar-refractivity contribution in [2.75, 3.05) is 5.32 Å². The normalized spacial score (nSPS) is 11.9. The van der Waals surface area contributed by atoms with Crippen molar-refractivity contribution in [3.63, 3.8) is 0 Å². The van der Waals surface area contributed by atoms with Gasteiger partial charge in [-0.2, -0.15) is 0 Å². The lowest BCUT2D eigenvalue weighted by atomic mass is 10.0. The topological polar surface area (TPSA) is 72.2 Å². The molecule has 1 aromatic rings. The van der Waals surface area contributed by atoms with Gasteiger partial charge >= 0.3 is 0 Å². The fourth-order valence-electron chi connectivity index (χ4n) is 1.39. The van der Waals surface area contributed by atoms with E-state index in [1.165, 1.54) is 0 Å². The summed E-state index contributed by atoms with van der Waals surface area (Å²) in [4.78, 5) is 22.5. The lowest BCUT2D eigenvalue weighted by Crippen LogP contribution is -2.15. The summed E-state index contributed by atoms with van der Waals surface area (Å²) in [5.74, 6) is -0.103. The number of benzene rings is 1. The van der Waals surface area contributed by atoms with E-state index in [4.69, 9.17) is 5.73 Å². The van der Waals surface area contributed by atoms with Gasteiger partial charge in [0.2, 0.25) is 11.8 Å². The van der Waals surface area contributed by atoms with Crippen LogP contribution in [-0.2, 0) is 4.79 Å². The zero-order valence-electron chi connectivity index (χ0n) is 10.2. The van der Waals surface area contributed by atoms with Gasteiger partial charge in [0, 0.05) is 17.7 Å². The maximum Gasteiger partial charge on any atom is 0.248 e. The fraction of sp³-hybridized carbons (Fsp3) is 0.385. The predicted molar refractivity (Wildman–Crippen MR) is 67.7 cm³/mol. The molecule has 0 spiro atoms. The maximum absolute atomic E-state index is 11.6. The van der Waals surface area contributed by atoms with Gasteiger partial charge in [-0.1, -0.05) is 20.3 Å². The van der Waals surface area contributed by atoms with Gasteiger partial charge in [-0.3, -0.25) is 9.59 Å². The average molecular weight is 234 g/mol. The molecule has 1 unspecified atom stereocenters. The van der Waals surface area contributed by atoms with Crippen LogP contribution in [0.25, 0.3) is 0 Å². The smallest absolute Gasteiger partial charge is 0.248 e. The Bertz CT molecular complexity index is 398. The molecule has 4 heteroatoms. The van der Waals surface area contributed by atoms with Gasteiger partial charge in [0.15, 0.2) is 0 Å². The first kappa shape index (κ1) is 13.2. The standard InChI is InChI=1S/C13H18N2O2/c1-3-9(2)8-12(16)15-11-6-4-10(5-7-11)13(14)17/h4-7,9H,3,8H2,1-2H3,(H2,14,17)(H,15,16). The highest BCUT2D eigenvalue weighted by Crippen LogP contribution is 2.12. The molecular weight excluding hydrogens is 216 g/mol. The summed E-state index contributed by atoms with van der Waals surface area (Å²) >= 11 is 0. The van der Waals surface area contributed by atoms with E-state index in [0.29, 0.717) is 23.6 Å². The number of carbonyl (C=O) groups is 2. The van der Waals surface area contributed by atoms with E-state index in [0.717, 1.165) is 6.42 Å². The van der Waals surface area contributed by atoms with Crippen LogP contribution < -0.4 is 11.1 Å². The van der Waals surface area contributed by atoms with Crippen molar-refractivity contribution in [1.82, 2.24) is 0 Å². The van der Waals surface area contributed by atoms with Crippen LogP contribution in [0.4, 0.5) is 5.69 Å². The van der Waals surface area contributed by atoms with Gasteiger partial charge in [-0.15, -0.1) is 0 Å². The van der Waals surface area contributed by atoms with Gasteiger partial charge < -0.3 is 11.1 Å². The van der Waals surface area contributed by atoms with E-state index >= 15 is 0 Å². The highest BCUT2D eigenvalue weighted by atomic mass is 16.2. The lowest BCUT2D eigenvalue weighted by molar-refractivity contribution is -0.117. The van der Waals surface area contributed by atoms with Crippen molar-refractivity contribution in [2.24, 2.45) is 11.7 Å². The molecule has 1 rings (SSSR count). The number of hydrogen-bond acceptors (Lipinski definition) is 2. The van der Waals surface area contributed by atoms with Gasteiger partial charge in [0.1, 0.15) is 0 Å². The third-order valence-electron chi connectivity index (χ3n) is 2.68. The van der Waals surface area contributed by atoms with E-state index < -0.39 is 5.91 Å². The van der Waals surface area contributed by atoms with Crippen LogP contribution in [0.3, 0.4) is 0 Å². The van der Waals surface area contributed by atoms with Crippen molar-refractivity contribution in [1.29, 1.82) is 0 Å². The molecule has 1 aromatic carbocycles. The molecule has 1 atom stereocenters. The summed E-state index contributed by atoms with van der Waals surface area (Å²) in [6, 6.07) is 6.55. The van der Waals surface area contributed by atoms with E-state index in [1.54, 1.807) is 24.3 Å². The summed E-state index contributed by atoms with van der Waals surface area (Å²) in [5.41, 5.74) is 6.24. The first-order chi connectivity index (χ1) is 8.02. The first-order valence-electron chi connectivity index (χ1n) is 5.72. The third-order valence-corrected chi connectivity index (χ3v) is 2.68. The molecule has 3 N–H and O–H groups in total. The Morgan fingerprint density at radius 3 is 2.35 bits per heavy atom. The number of nitrogens with two attached hydrogens (primary N) is 1.